The quantitative estimate of drug-likeness (QED) is 0.887. The number of carbonyl (C=O) groups excluding carboxylic acids is 1. The SMILES string of the molecule is CC(=O)Nc1ccc(S(=O)(=O)N(C)c2cc(Cl)ccc2Cl)cc1. The number of benzene rings is 2. The molecule has 5 nitrogen and oxygen atoms in total. The van der Waals surface area contributed by atoms with Gasteiger partial charge < -0.3 is 5.32 Å². The van der Waals surface area contributed by atoms with Crippen molar-refractivity contribution in [2.45, 2.75) is 11.8 Å². The van der Waals surface area contributed by atoms with Gasteiger partial charge in [0, 0.05) is 24.7 Å². The molecule has 0 aliphatic rings. The smallest absolute Gasteiger partial charge is 0.264 e. The third-order valence-corrected chi connectivity index (χ3v) is 5.42. The van der Waals surface area contributed by atoms with E-state index >= 15 is 0 Å². The van der Waals surface area contributed by atoms with Crippen molar-refractivity contribution < 1.29 is 13.2 Å². The molecule has 0 atom stereocenters. The van der Waals surface area contributed by atoms with Crippen LogP contribution in [0.3, 0.4) is 0 Å². The van der Waals surface area contributed by atoms with E-state index in [0.29, 0.717) is 10.7 Å². The summed E-state index contributed by atoms with van der Waals surface area (Å²) in [6, 6.07) is 10.4. The lowest BCUT2D eigenvalue weighted by Gasteiger charge is -2.21. The van der Waals surface area contributed by atoms with Gasteiger partial charge in [-0.15, -0.1) is 0 Å². The zero-order valence-corrected chi connectivity index (χ0v) is 14.7. The first-order valence-electron chi connectivity index (χ1n) is 6.53. The minimum absolute atomic E-state index is 0.0742. The van der Waals surface area contributed by atoms with Crippen molar-refractivity contribution in [1.82, 2.24) is 0 Å². The molecular formula is C15H14Cl2N2O3S. The fourth-order valence-corrected chi connectivity index (χ4v) is 3.60. The number of anilines is 2. The van der Waals surface area contributed by atoms with Crippen LogP contribution in [0, 0.1) is 0 Å². The Balaban J connectivity index is 2.37. The van der Waals surface area contributed by atoms with E-state index in [0.717, 1.165) is 4.31 Å². The van der Waals surface area contributed by atoms with Gasteiger partial charge in [0.1, 0.15) is 0 Å². The minimum Gasteiger partial charge on any atom is -0.326 e. The van der Waals surface area contributed by atoms with Crippen LogP contribution in [0.25, 0.3) is 0 Å². The van der Waals surface area contributed by atoms with Crippen LogP contribution >= 0.6 is 23.2 Å². The topological polar surface area (TPSA) is 66.5 Å². The molecule has 2 rings (SSSR count). The molecule has 122 valence electrons. The number of rotatable bonds is 4. The van der Waals surface area contributed by atoms with Gasteiger partial charge in [-0.25, -0.2) is 8.42 Å². The van der Waals surface area contributed by atoms with E-state index in [1.165, 1.54) is 50.4 Å². The molecule has 1 amide bonds. The molecule has 2 aromatic rings. The van der Waals surface area contributed by atoms with Crippen LogP contribution in [0.1, 0.15) is 6.92 Å². The number of hydrogen-bond donors (Lipinski definition) is 1. The zero-order valence-electron chi connectivity index (χ0n) is 12.4. The summed E-state index contributed by atoms with van der Waals surface area (Å²) in [4.78, 5) is 11.1. The highest BCUT2D eigenvalue weighted by Gasteiger charge is 2.23. The largest absolute Gasteiger partial charge is 0.326 e. The van der Waals surface area contributed by atoms with Crippen molar-refractivity contribution >= 4 is 50.5 Å². The number of hydrogen-bond acceptors (Lipinski definition) is 3. The van der Waals surface area contributed by atoms with E-state index in [-0.39, 0.29) is 21.5 Å². The molecule has 0 heterocycles. The molecule has 0 aromatic heterocycles. The van der Waals surface area contributed by atoms with E-state index < -0.39 is 10.0 Å². The fraction of sp³-hybridized carbons (Fsp3) is 0.133. The summed E-state index contributed by atoms with van der Waals surface area (Å²) < 4.78 is 26.4. The molecule has 1 N–H and O–H groups in total. The number of sulfonamides is 1. The van der Waals surface area contributed by atoms with Gasteiger partial charge in [0.2, 0.25) is 5.91 Å². The van der Waals surface area contributed by atoms with Gasteiger partial charge in [-0.3, -0.25) is 9.10 Å². The minimum atomic E-state index is -3.80. The highest BCUT2D eigenvalue weighted by Crippen LogP contribution is 2.31. The molecule has 8 heteroatoms. The first-order chi connectivity index (χ1) is 10.7. The van der Waals surface area contributed by atoms with E-state index in [1.54, 1.807) is 6.07 Å². The predicted molar refractivity (Wildman–Crippen MR) is 92.8 cm³/mol. The molecule has 0 saturated carbocycles. The van der Waals surface area contributed by atoms with Crippen LogP contribution < -0.4 is 9.62 Å². The Morgan fingerprint density at radius 1 is 1.09 bits per heavy atom. The number of nitrogens with one attached hydrogen (secondary N) is 1. The Morgan fingerprint density at radius 2 is 1.70 bits per heavy atom. The monoisotopic (exact) mass is 372 g/mol. The maximum absolute atomic E-state index is 12.7. The highest BCUT2D eigenvalue weighted by molar-refractivity contribution is 7.92. The van der Waals surface area contributed by atoms with Crippen molar-refractivity contribution in [1.29, 1.82) is 0 Å². The van der Waals surface area contributed by atoms with Gasteiger partial charge in [0.05, 0.1) is 15.6 Å². The van der Waals surface area contributed by atoms with E-state index in [4.69, 9.17) is 23.2 Å². The van der Waals surface area contributed by atoms with Crippen LogP contribution in [0.4, 0.5) is 11.4 Å². The molecule has 2 aromatic carbocycles. The first-order valence-corrected chi connectivity index (χ1v) is 8.73. The summed E-state index contributed by atoms with van der Waals surface area (Å²) >= 11 is 12.0. The summed E-state index contributed by atoms with van der Waals surface area (Å²) in [6.07, 6.45) is 0. The van der Waals surface area contributed by atoms with E-state index in [9.17, 15) is 13.2 Å². The maximum Gasteiger partial charge on any atom is 0.264 e. The lowest BCUT2D eigenvalue weighted by atomic mass is 10.3. The molecule has 0 unspecified atom stereocenters. The lowest BCUT2D eigenvalue weighted by molar-refractivity contribution is -0.114. The Kier molecular flexibility index (Phi) is 5.19. The number of halogens is 2. The van der Waals surface area contributed by atoms with Crippen molar-refractivity contribution in [2.24, 2.45) is 0 Å². The molecule has 0 aliphatic heterocycles. The van der Waals surface area contributed by atoms with Crippen molar-refractivity contribution in [3.63, 3.8) is 0 Å². The van der Waals surface area contributed by atoms with Crippen molar-refractivity contribution in [2.75, 3.05) is 16.7 Å². The summed E-state index contributed by atoms with van der Waals surface area (Å²) in [6.45, 7) is 1.37. The average Bonchev–Trinajstić information content (AvgIpc) is 2.49. The Hall–Kier alpha value is -1.76. The molecule has 0 bridgehead atoms. The molecule has 0 aliphatic carbocycles. The number of nitrogens with zero attached hydrogens (tertiary/aromatic N) is 1. The number of carbonyl (C=O) groups is 1. The van der Waals surface area contributed by atoms with Crippen LogP contribution in [-0.4, -0.2) is 21.4 Å². The Bertz CT molecular complexity index is 836. The Labute approximate surface area is 144 Å². The van der Waals surface area contributed by atoms with Gasteiger partial charge in [-0.1, -0.05) is 23.2 Å². The van der Waals surface area contributed by atoms with Crippen molar-refractivity contribution in [3.8, 4) is 0 Å². The van der Waals surface area contributed by atoms with Gasteiger partial charge in [0.25, 0.3) is 10.0 Å². The van der Waals surface area contributed by atoms with Gasteiger partial charge in [-0.2, -0.15) is 0 Å². The summed E-state index contributed by atoms with van der Waals surface area (Å²) in [7, 11) is -2.40. The van der Waals surface area contributed by atoms with Crippen LogP contribution in [-0.2, 0) is 14.8 Å². The third-order valence-electron chi connectivity index (χ3n) is 3.08. The van der Waals surface area contributed by atoms with E-state index in [1.807, 2.05) is 0 Å². The summed E-state index contributed by atoms with van der Waals surface area (Å²) in [5, 5.41) is 3.23. The fourth-order valence-electron chi connectivity index (χ4n) is 1.93. The highest BCUT2D eigenvalue weighted by atomic mass is 35.5. The molecular weight excluding hydrogens is 359 g/mol. The van der Waals surface area contributed by atoms with Gasteiger partial charge in [-0.05, 0) is 42.5 Å². The Morgan fingerprint density at radius 3 is 2.26 bits per heavy atom. The second-order valence-electron chi connectivity index (χ2n) is 4.77. The van der Waals surface area contributed by atoms with Crippen molar-refractivity contribution in [3.05, 3.63) is 52.5 Å². The molecule has 0 spiro atoms. The molecule has 0 radical (unpaired) electrons. The first kappa shape index (κ1) is 17.6. The van der Waals surface area contributed by atoms with E-state index in [2.05, 4.69) is 5.32 Å². The van der Waals surface area contributed by atoms with Crippen LogP contribution in [0.15, 0.2) is 47.4 Å². The summed E-state index contributed by atoms with van der Waals surface area (Å²) in [5.74, 6) is -0.233. The maximum atomic E-state index is 12.7. The normalized spacial score (nSPS) is 11.1. The summed E-state index contributed by atoms with van der Waals surface area (Å²) in [5.41, 5.74) is 0.796. The average molecular weight is 373 g/mol. The van der Waals surface area contributed by atoms with Crippen LogP contribution in [0.2, 0.25) is 10.0 Å². The second-order valence-corrected chi connectivity index (χ2v) is 7.59. The van der Waals surface area contributed by atoms with Crippen LogP contribution in [0.5, 0.6) is 0 Å². The predicted octanol–water partition coefficient (Wildman–Crippen LogP) is 3.78. The van der Waals surface area contributed by atoms with Gasteiger partial charge in [0.15, 0.2) is 0 Å². The molecule has 0 fully saturated rings. The molecule has 23 heavy (non-hydrogen) atoms. The van der Waals surface area contributed by atoms with Gasteiger partial charge >= 0.3 is 0 Å². The number of amides is 1. The third kappa shape index (κ3) is 3.96. The zero-order chi connectivity index (χ0) is 17.2. The molecule has 0 saturated heterocycles. The second kappa shape index (κ2) is 6.78. The lowest BCUT2D eigenvalue weighted by Crippen LogP contribution is -2.26. The standard InChI is InChI=1S/C15H14Cl2N2O3S/c1-10(20)18-12-4-6-13(7-5-12)23(21,22)19(2)15-9-11(16)3-8-14(15)17/h3-9H,1-2H3,(H,18,20).